The maximum atomic E-state index is 6.47. The molecule has 1 fully saturated rings. The van der Waals surface area contributed by atoms with E-state index in [2.05, 4.69) is 22.9 Å². The normalized spacial score (nSPS) is 18.8. The number of rotatable bonds is 4. The molecule has 29 heavy (non-hydrogen) atoms. The van der Waals surface area contributed by atoms with Crippen LogP contribution in [0.15, 0.2) is 36.4 Å². The van der Waals surface area contributed by atoms with Crippen LogP contribution in [0.1, 0.15) is 40.8 Å². The van der Waals surface area contributed by atoms with Gasteiger partial charge in [-0.2, -0.15) is 0 Å². The topological polar surface area (TPSA) is 41.1 Å². The lowest BCUT2D eigenvalue weighted by atomic mass is 9.82. The number of aryl methyl sites for hydroxylation is 1. The number of halogens is 1. The highest BCUT2D eigenvalue weighted by atomic mass is 35.5. The summed E-state index contributed by atoms with van der Waals surface area (Å²) in [6.07, 6.45) is 4.25. The van der Waals surface area contributed by atoms with Crippen molar-refractivity contribution in [2.75, 3.05) is 19.7 Å². The largest absolute Gasteiger partial charge is 0.370 e. The third-order valence-electron chi connectivity index (χ3n) is 6.22. The Morgan fingerprint density at radius 2 is 2.03 bits per heavy atom. The van der Waals surface area contributed by atoms with Crippen molar-refractivity contribution in [3.63, 3.8) is 0 Å². The average Bonchev–Trinajstić information content (AvgIpc) is 3.35. The van der Waals surface area contributed by atoms with E-state index < -0.39 is 0 Å². The summed E-state index contributed by atoms with van der Waals surface area (Å²) in [6, 6.07) is 12.5. The van der Waals surface area contributed by atoms with Crippen LogP contribution in [-0.2, 0) is 29.7 Å². The van der Waals surface area contributed by atoms with Crippen LogP contribution in [-0.4, -0.2) is 34.6 Å². The highest BCUT2D eigenvalue weighted by Gasteiger charge is 2.42. The van der Waals surface area contributed by atoms with Crippen molar-refractivity contribution < 1.29 is 4.74 Å². The summed E-state index contributed by atoms with van der Waals surface area (Å²) >= 11 is 8.46. The second-order valence-electron chi connectivity index (χ2n) is 7.98. The molecular formula is C23H26ClN3OS. The number of ether oxygens (including phenoxy) is 1. The molecule has 0 aliphatic carbocycles. The van der Waals surface area contributed by atoms with Crippen LogP contribution in [0.25, 0.3) is 11.4 Å². The van der Waals surface area contributed by atoms with E-state index in [0.29, 0.717) is 5.15 Å². The molecule has 1 saturated heterocycles. The number of fused-ring (bicyclic) bond motifs is 2. The Morgan fingerprint density at radius 1 is 1.24 bits per heavy atom. The second-order valence-corrected chi connectivity index (χ2v) is 9.58. The number of aromatic nitrogens is 2. The Hall–Kier alpha value is -1.66. The van der Waals surface area contributed by atoms with Crippen molar-refractivity contribution in [2.24, 2.45) is 0 Å². The Bertz CT molecular complexity index is 989. The first kappa shape index (κ1) is 19.3. The Morgan fingerprint density at radius 3 is 2.79 bits per heavy atom. The van der Waals surface area contributed by atoms with Crippen molar-refractivity contribution in [3.8, 4) is 11.4 Å². The molecule has 5 rings (SSSR count). The van der Waals surface area contributed by atoms with E-state index in [0.717, 1.165) is 69.0 Å². The first-order valence-electron chi connectivity index (χ1n) is 10.4. The molecule has 0 atom stereocenters. The zero-order chi connectivity index (χ0) is 19.8. The van der Waals surface area contributed by atoms with E-state index in [1.165, 1.54) is 10.4 Å². The quantitative estimate of drug-likeness (QED) is 0.604. The fourth-order valence-electron chi connectivity index (χ4n) is 4.57. The summed E-state index contributed by atoms with van der Waals surface area (Å²) in [4.78, 5) is 13.5. The van der Waals surface area contributed by atoms with Crippen LogP contribution in [0.2, 0.25) is 5.15 Å². The molecule has 0 bridgehead atoms. The number of aromatic amines is 1. The summed E-state index contributed by atoms with van der Waals surface area (Å²) in [5.41, 5.74) is 3.37. The van der Waals surface area contributed by atoms with Crippen LogP contribution in [0, 0.1) is 0 Å². The average molecular weight is 428 g/mol. The second kappa shape index (κ2) is 7.88. The highest BCUT2D eigenvalue weighted by Crippen LogP contribution is 2.45. The minimum Gasteiger partial charge on any atom is -0.370 e. The molecule has 2 aliphatic rings. The van der Waals surface area contributed by atoms with Crippen molar-refractivity contribution in [1.82, 2.24) is 14.9 Å². The van der Waals surface area contributed by atoms with E-state index >= 15 is 0 Å². The van der Waals surface area contributed by atoms with E-state index in [1.807, 2.05) is 41.7 Å². The molecule has 2 aromatic heterocycles. The molecule has 0 amide bonds. The molecule has 1 spiro atoms. The Labute approximate surface area is 180 Å². The maximum absolute atomic E-state index is 6.47. The van der Waals surface area contributed by atoms with Gasteiger partial charge in [0.25, 0.3) is 0 Å². The van der Waals surface area contributed by atoms with Crippen LogP contribution < -0.4 is 0 Å². The molecule has 0 saturated carbocycles. The number of benzene rings is 1. The molecule has 1 N–H and O–H groups in total. The predicted molar refractivity (Wildman–Crippen MR) is 119 cm³/mol. The van der Waals surface area contributed by atoms with E-state index in [4.69, 9.17) is 21.3 Å². The molecule has 0 unspecified atom stereocenters. The lowest BCUT2D eigenvalue weighted by molar-refractivity contribution is -0.0981. The minimum absolute atomic E-state index is 0.0848. The van der Waals surface area contributed by atoms with Crippen molar-refractivity contribution in [1.29, 1.82) is 0 Å². The van der Waals surface area contributed by atoms with Gasteiger partial charge in [0, 0.05) is 41.4 Å². The summed E-state index contributed by atoms with van der Waals surface area (Å²) in [5, 5.41) is 0.644. The number of hydrogen-bond acceptors (Lipinski definition) is 4. The third-order valence-corrected chi connectivity index (χ3v) is 7.87. The van der Waals surface area contributed by atoms with Gasteiger partial charge in [-0.05, 0) is 30.9 Å². The van der Waals surface area contributed by atoms with Gasteiger partial charge >= 0.3 is 0 Å². The third kappa shape index (κ3) is 3.66. The van der Waals surface area contributed by atoms with Gasteiger partial charge in [0.15, 0.2) is 0 Å². The number of imidazole rings is 1. The Kier molecular flexibility index (Phi) is 5.25. The number of likely N-dealkylation sites (tertiary alicyclic amines) is 1. The van der Waals surface area contributed by atoms with E-state index in [9.17, 15) is 0 Å². The molecule has 2 aliphatic heterocycles. The van der Waals surface area contributed by atoms with E-state index in [-0.39, 0.29) is 5.60 Å². The fourth-order valence-corrected chi connectivity index (χ4v) is 5.94. The first-order valence-corrected chi connectivity index (χ1v) is 11.6. The molecule has 4 heterocycles. The molecular weight excluding hydrogens is 402 g/mol. The predicted octanol–water partition coefficient (Wildman–Crippen LogP) is 5.42. The van der Waals surface area contributed by atoms with Crippen LogP contribution in [0.5, 0.6) is 0 Å². The first-order chi connectivity index (χ1) is 14.2. The van der Waals surface area contributed by atoms with Gasteiger partial charge in [0.2, 0.25) is 0 Å². The lowest BCUT2D eigenvalue weighted by Gasteiger charge is -2.44. The SMILES string of the molecule is CCc1cc2c(s1)CCOC21CCN(Cc2nc(-c3ccccc3)[nH]c2Cl)CC1. The number of thiophene rings is 1. The standard InChI is InChI=1S/C23H26ClN3OS/c1-2-17-14-18-20(29-17)8-13-28-23(18)9-11-27(12-10-23)15-19-21(24)26-22(25-19)16-6-4-3-5-7-16/h3-7,14H,2,8-13,15H2,1H3,(H,25,26). The smallest absolute Gasteiger partial charge is 0.138 e. The van der Waals surface area contributed by atoms with Gasteiger partial charge in [-0.15, -0.1) is 11.3 Å². The number of H-pyrrole nitrogens is 1. The summed E-state index contributed by atoms with van der Waals surface area (Å²) in [6.45, 7) is 5.86. The minimum atomic E-state index is -0.0848. The zero-order valence-corrected chi connectivity index (χ0v) is 18.3. The lowest BCUT2D eigenvalue weighted by Crippen LogP contribution is -2.45. The molecule has 6 heteroatoms. The fraction of sp³-hybridized carbons (Fsp3) is 0.435. The van der Waals surface area contributed by atoms with Gasteiger partial charge in [-0.1, -0.05) is 48.9 Å². The van der Waals surface area contributed by atoms with Crippen LogP contribution in [0.4, 0.5) is 0 Å². The molecule has 1 aromatic carbocycles. The summed E-state index contributed by atoms with van der Waals surface area (Å²) < 4.78 is 6.41. The van der Waals surface area contributed by atoms with Crippen LogP contribution in [0.3, 0.4) is 0 Å². The maximum Gasteiger partial charge on any atom is 0.138 e. The monoisotopic (exact) mass is 427 g/mol. The number of nitrogens with zero attached hydrogens (tertiary/aromatic N) is 2. The van der Waals surface area contributed by atoms with Crippen LogP contribution >= 0.6 is 22.9 Å². The van der Waals surface area contributed by atoms with Crippen molar-refractivity contribution in [2.45, 2.75) is 44.8 Å². The summed E-state index contributed by atoms with van der Waals surface area (Å²) in [7, 11) is 0. The van der Waals surface area contributed by atoms with Gasteiger partial charge in [-0.25, -0.2) is 4.98 Å². The van der Waals surface area contributed by atoms with Gasteiger partial charge < -0.3 is 9.72 Å². The number of piperidine rings is 1. The van der Waals surface area contributed by atoms with Gasteiger partial charge in [-0.3, -0.25) is 4.90 Å². The number of hydrogen-bond donors (Lipinski definition) is 1. The highest BCUT2D eigenvalue weighted by molar-refractivity contribution is 7.12. The molecule has 4 nitrogen and oxygen atoms in total. The zero-order valence-electron chi connectivity index (χ0n) is 16.7. The molecule has 0 radical (unpaired) electrons. The number of nitrogens with one attached hydrogen (secondary N) is 1. The van der Waals surface area contributed by atoms with Crippen molar-refractivity contribution in [3.05, 3.63) is 62.6 Å². The van der Waals surface area contributed by atoms with E-state index in [1.54, 1.807) is 4.88 Å². The molecule has 152 valence electrons. The molecule has 3 aromatic rings. The van der Waals surface area contributed by atoms with Crippen molar-refractivity contribution >= 4 is 22.9 Å². The van der Waals surface area contributed by atoms with Gasteiger partial charge in [0.1, 0.15) is 11.0 Å². The summed E-state index contributed by atoms with van der Waals surface area (Å²) in [5.74, 6) is 0.838. The van der Waals surface area contributed by atoms with Gasteiger partial charge in [0.05, 0.1) is 17.9 Å². The Balaban J connectivity index is 1.29.